The molecule has 0 aliphatic heterocycles. The number of nitrogens with zero attached hydrogens (tertiary/aromatic N) is 1. The Bertz CT molecular complexity index is 906. The lowest BCUT2D eigenvalue weighted by atomic mass is 9.84. The van der Waals surface area contributed by atoms with Crippen LogP contribution in [0.4, 0.5) is 10.7 Å². The maximum atomic E-state index is 12.6. The molecular weight excluding hydrogens is 366 g/mol. The number of thiophene rings is 1. The molecule has 0 radical (unpaired) electrons. The summed E-state index contributed by atoms with van der Waals surface area (Å²) < 4.78 is 0. The third kappa shape index (κ3) is 3.85. The summed E-state index contributed by atoms with van der Waals surface area (Å²) >= 11 is 1.35. The Balaban J connectivity index is 1.93. The van der Waals surface area contributed by atoms with E-state index in [1.54, 1.807) is 6.07 Å². The molecule has 1 aliphatic rings. The number of fused-ring (bicyclic) bond motifs is 1. The Morgan fingerprint density at radius 2 is 2.11 bits per heavy atom. The van der Waals surface area contributed by atoms with Crippen LogP contribution >= 0.6 is 11.3 Å². The topological polar surface area (TPSA) is 115 Å². The van der Waals surface area contributed by atoms with E-state index in [0.29, 0.717) is 16.5 Å². The number of amides is 2. The fourth-order valence-electron chi connectivity index (χ4n) is 3.65. The molecule has 0 bridgehead atoms. The third-order valence-electron chi connectivity index (χ3n) is 4.88. The van der Waals surface area contributed by atoms with E-state index in [1.807, 2.05) is 0 Å². The van der Waals surface area contributed by atoms with Gasteiger partial charge in [0.15, 0.2) is 0 Å². The van der Waals surface area contributed by atoms with Crippen molar-refractivity contribution in [2.75, 3.05) is 5.32 Å². The Morgan fingerprint density at radius 1 is 1.37 bits per heavy atom. The molecule has 1 aromatic carbocycles. The molecule has 3 rings (SSSR count). The van der Waals surface area contributed by atoms with Gasteiger partial charge < -0.3 is 11.1 Å². The van der Waals surface area contributed by atoms with Gasteiger partial charge in [-0.25, -0.2) is 0 Å². The number of benzene rings is 1. The number of para-hydroxylation sites is 1. The molecule has 8 heteroatoms. The van der Waals surface area contributed by atoms with Gasteiger partial charge >= 0.3 is 0 Å². The van der Waals surface area contributed by atoms with E-state index in [4.69, 9.17) is 5.73 Å². The Hall–Kier alpha value is -2.74. The summed E-state index contributed by atoms with van der Waals surface area (Å²) in [5.41, 5.74) is 6.51. The van der Waals surface area contributed by atoms with Crippen molar-refractivity contribution >= 4 is 33.8 Å². The molecule has 2 amide bonds. The van der Waals surface area contributed by atoms with Gasteiger partial charge in [0, 0.05) is 10.9 Å². The molecule has 2 aromatic rings. The van der Waals surface area contributed by atoms with Crippen molar-refractivity contribution in [3.05, 3.63) is 55.9 Å². The van der Waals surface area contributed by atoms with Crippen LogP contribution in [0.3, 0.4) is 0 Å². The second-order valence-corrected chi connectivity index (χ2v) is 7.80. The molecule has 142 valence electrons. The van der Waals surface area contributed by atoms with Gasteiger partial charge in [0.25, 0.3) is 17.5 Å². The first kappa shape index (κ1) is 19.0. The lowest BCUT2D eigenvalue weighted by Gasteiger charge is -2.21. The van der Waals surface area contributed by atoms with Gasteiger partial charge in [-0.3, -0.25) is 19.7 Å². The van der Waals surface area contributed by atoms with Crippen molar-refractivity contribution in [2.45, 2.75) is 39.0 Å². The van der Waals surface area contributed by atoms with Crippen molar-refractivity contribution in [1.82, 2.24) is 0 Å². The van der Waals surface area contributed by atoms with E-state index >= 15 is 0 Å². The number of nitro groups is 1. The summed E-state index contributed by atoms with van der Waals surface area (Å²) in [4.78, 5) is 36.3. The van der Waals surface area contributed by atoms with Crippen LogP contribution in [0.2, 0.25) is 0 Å². The SMILES string of the molecule is CCC[C@@H]1CCc2c(sc(NC(=O)c3ccccc3[N+](=O)[O-])c2C(N)=O)C1. The van der Waals surface area contributed by atoms with Crippen molar-refractivity contribution in [1.29, 1.82) is 0 Å². The van der Waals surface area contributed by atoms with E-state index in [2.05, 4.69) is 12.2 Å². The van der Waals surface area contributed by atoms with Crippen LogP contribution in [0.15, 0.2) is 24.3 Å². The predicted molar refractivity (Wildman–Crippen MR) is 104 cm³/mol. The number of rotatable bonds is 6. The number of anilines is 1. The largest absolute Gasteiger partial charge is 0.365 e. The first-order chi connectivity index (χ1) is 12.9. The minimum atomic E-state index is -0.617. The van der Waals surface area contributed by atoms with Gasteiger partial charge in [0.1, 0.15) is 10.6 Å². The van der Waals surface area contributed by atoms with Crippen LogP contribution in [0, 0.1) is 16.0 Å². The third-order valence-corrected chi connectivity index (χ3v) is 6.05. The zero-order valence-corrected chi connectivity index (χ0v) is 15.8. The zero-order chi connectivity index (χ0) is 19.6. The van der Waals surface area contributed by atoms with Crippen molar-refractivity contribution in [3.63, 3.8) is 0 Å². The smallest absolute Gasteiger partial charge is 0.282 e. The van der Waals surface area contributed by atoms with Crippen LogP contribution in [-0.2, 0) is 12.8 Å². The molecule has 1 atom stereocenters. The van der Waals surface area contributed by atoms with Crippen molar-refractivity contribution in [2.24, 2.45) is 11.7 Å². The summed E-state index contributed by atoms with van der Waals surface area (Å²) in [5, 5.41) is 14.2. The normalized spacial score (nSPS) is 15.8. The van der Waals surface area contributed by atoms with Gasteiger partial charge in [0.2, 0.25) is 0 Å². The number of nitrogens with two attached hydrogens (primary N) is 1. The van der Waals surface area contributed by atoms with E-state index in [0.717, 1.165) is 42.5 Å². The van der Waals surface area contributed by atoms with Crippen LogP contribution < -0.4 is 11.1 Å². The molecule has 1 aliphatic carbocycles. The minimum Gasteiger partial charge on any atom is -0.365 e. The lowest BCUT2D eigenvalue weighted by molar-refractivity contribution is -0.385. The average Bonchev–Trinajstić information content (AvgIpc) is 2.99. The summed E-state index contributed by atoms with van der Waals surface area (Å²) in [6.45, 7) is 2.15. The highest BCUT2D eigenvalue weighted by Gasteiger charge is 2.29. The number of primary amides is 1. The Labute approximate surface area is 160 Å². The van der Waals surface area contributed by atoms with Crippen molar-refractivity contribution in [3.8, 4) is 0 Å². The highest BCUT2D eigenvalue weighted by molar-refractivity contribution is 7.17. The quantitative estimate of drug-likeness (QED) is 0.577. The van der Waals surface area contributed by atoms with Gasteiger partial charge in [-0.15, -0.1) is 11.3 Å². The molecule has 1 heterocycles. The first-order valence-corrected chi connectivity index (χ1v) is 9.73. The summed E-state index contributed by atoms with van der Waals surface area (Å²) in [7, 11) is 0. The van der Waals surface area contributed by atoms with E-state index in [1.165, 1.54) is 29.5 Å². The first-order valence-electron chi connectivity index (χ1n) is 8.91. The number of nitrogens with one attached hydrogen (secondary N) is 1. The predicted octanol–water partition coefficient (Wildman–Crippen LogP) is 3.91. The van der Waals surface area contributed by atoms with Crippen molar-refractivity contribution < 1.29 is 14.5 Å². The lowest BCUT2D eigenvalue weighted by Crippen LogP contribution is -2.20. The maximum Gasteiger partial charge on any atom is 0.282 e. The van der Waals surface area contributed by atoms with Gasteiger partial charge in [-0.1, -0.05) is 31.9 Å². The van der Waals surface area contributed by atoms with Crippen LogP contribution in [0.25, 0.3) is 0 Å². The second kappa shape index (κ2) is 7.87. The van der Waals surface area contributed by atoms with E-state index < -0.39 is 16.7 Å². The van der Waals surface area contributed by atoms with Crippen LogP contribution in [0.5, 0.6) is 0 Å². The highest BCUT2D eigenvalue weighted by atomic mass is 32.1. The van der Waals surface area contributed by atoms with Gasteiger partial charge in [-0.05, 0) is 36.8 Å². The summed E-state index contributed by atoms with van der Waals surface area (Å²) in [5.74, 6) is -0.631. The number of hydrogen-bond donors (Lipinski definition) is 2. The fraction of sp³-hybridized carbons (Fsp3) is 0.368. The zero-order valence-electron chi connectivity index (χ0n) is 15.0. The molecule has 0 unspecified atom stereocenters. The molecular formula is C19H21N3O4S. The number of carbonyl (C=O) groups excluding carboxylic acids is 2. The second-order valence-electron chi connectivity index (χ2n) is 6.70. The van der Waals surface area contributed by atoms with Crippen LogP contribution in [0.1, 0.15) is 57.3 Å². The molecule has 0 saturated heterocycles. The Kier molecular flexibility index (Phi) is 5.55. The summed E-state index contributed by atoms with van der Waals surface area (Å²) in [6, 6.07) is 5.73. The van der Waals surface area contributed by atoms with E-state index in [-0.39, 0.29) is 11.3 Å². The molecule has 3 N–H and O–H groups in total. The van der Waals surface area contributed by atoms with Gasteiger partial charge in [-0.2, -0.15) is 0 Å². The number of carbonyl (C=O) groups is 2. The minimum absolute atomic E-state index is 0.0480. The number of nitro benzene ring substituents is 1. The molecule has 7 nitrogen and oxygen atoms in total. The maximum absolute atomic E-state index is 12.6. The molecule has 1 aromatic heterocycles. The van der Waals surface area contributed by atoms with E-state index in [9.17, 15) is 19.7 Å². The molecule has 0 saturated carbocycles. The monoisotopic (exact) mass is 387 g/mol. The number of hydrogen-bond acceptors (Lipinski definition) is 5. The van der Waals surface area contributed by atoms with Crippen LogP contribution in [-0.4, -0.2) is 16.7 Å². The Morgan fingerprint density at radius 3 is 2.78 bits per heavy atom. The average molecular weight is 387 g/mol. The molecule has 0 fully saturated rings. The highest BCUT2D eigenvalue weighted by Crippen LogP contribution is 2.40. The van der Waals surface area contributed by atoms with Gasteiger partial charge in [0.05, 0.1) is 10.5 Å². The molecule has 27 heavy (non-hydrogen) atoms. The standard InChI is InChI=1S/C19H21N3O4S/c1-2-5-11-8-9-13-15(10-11)27-19(16(13)17(20)23)21-18(24)12-6-3-4-7-14(12)22(25)26/h3-4,6-7,11H,2,5,8-10H2,1H3,(H2,20,23)(H,21,24)/t11-/m1/s1. The summed E-state index contributed by atoms with van der Waals surface area (Å²) in [6.07, 6.45) is 4.86. The fourth-order valence-corrected chi connectivity index (χ4v) is 5.02. The molecule has 0 spiro atoms.